The largest absolute Gasteiger partial charge is 0.397 e. The molecule has 0 aromatic heterocycles. The third-order valence-corrected chi connectivity index (χ3v) is 1.90. The van der Waals surface area contributed by atoms with E-state index in [0.29, 0.717) is 0 Å². The molecule has 1 amide bonds. The zero-order valence-electron chi connectivity index (χ0n) is 8.47. The van der Waals surface area contributed by atoms with E-state index in [1.165, 1.54) is 6.07 Å². The van der Waals surface area contributed by atoms with Gasteiger partial charge >= 0.3 is 0 Å². The molecule has 0 saturated carbocycles. The molecule has 0 radical (unpaired) electrons. The normalized spacial score (nSPS) is 10.5. The number of carbonyl (C=O) groups is 1. The maximum absolute atomic E-state index is 13.2. The van der Waals surface area contributed by atoms with Crippen LogP contribution in [0, 0.1) is 17.6 Å². The van der Waals surface area contributed by atoms with Gasteiger partial charge in [0.1, 0.15) is 5.69 Å². The van der Waals surface area contributed by atoms with Crippen molar-refractivity contribution in [1.29, 1.82) is 0 Å². The van der Waals surface area contributed by atoms with Gasteiger partial charge in [-0.05, 0) is 12.1 Å². The van der Waals surface area contributed by atoms with Crippen molar-refractivity contribution in [2.75, 3.05) is 11.1 Å². The fourth-order valence-corrected chi connectivity index (χ4v) is 0.960. The summed E-state index contributed by atoms with van der Waals surface area (Å²) in [5, 5.41) is 2.24. The number of hydrogen-bond acceptors (Lipinski definition) is 2. The second-order valence-corrected chi connectivity index (χ2v) is 3.47. The van der Waals surface area contributed by atoms with Gasteiger partial charge in [-0.2, -0.15) is 0 Å². The number of nitrogens with one attached hydrogen (secondary N) is 1. The minimum absolute atomic E-state index is 0.00269. The summed E-state index contributed by atoms with van der Waals surface area (Å²) >= 11 is 0. The van der Waals surface area contributed by atoms with Crippen LogP contribution in [-0.2, 0) is 4.79 Å². The van der Waals surface area contributed by atoms with Gasteiger partial charge in [0, 0.05) is 5.92 Å². The van der Waals surface area contributed by atoms with Gasteiger partial charge in [0.05, 0.1) is 5.69 Å². The van der Waals surface area contributed by atoms with E-state index in [2.05, 4.69) is 5.32 Å². The van der Waals surface area contributed by atoms with E-state index in [9.17, 15) is 13.6 Å². The highest BCUT2D eigenvalue weighted by Gasteiger charge is 2.15. The average molecular weight is 214 g/mol. The molecule has 3 nitrogen and oxygen atoms in total. The van der Waals surface area contributed by atoms with Crippen molar-refractivity contribution < 1.29 is 13.6 Å². The lowest BCUT2D eigenvalue weighted by atomic mass is 10.2. The topological polar surface area (TPSA) is 55.1 Å². The van der Waals surface area contributed by atoms with E-state index in [4.69, 9.17) is 5.73 Å². The molecule has 0 spiro atoms. The first-order chi connectivity index (χ1) is 6.93. The molecule has 0 aliphatic heterocycles. The Morgan fingerprint density at radius 3 is 2.53 bits per heavy atom. The van der Waals surface area contributed by atoms with Gasteiger partial charge in [-0.3, -0.25) is 4.79 Å². The molecule has 1 rings (SSSR count). The van der Waals surface area contributed by atoms with Crippen molar-refractivity contribution in [1.82, 2.24) is 0 Å². The van der Waals surface area contributed by atoms with Crippen molar-refractivity contribution in [2.24, 2.45) is 5.92 Å². The van der Waals surface area contributed by atoms with E-state index in [0.717, 1.165) is 6.07 Å². The highest BCUT2D eigenvalue weighted by Crippen LogP contribution is 2.24. The molecule has 15 heavy (non-hydrogen) atoms. The lowest BCUT2D eigenvalue weighted by Gasteiger charge is -2.11. The Balaban J connectivity index is 3.04. The van der Waals surface area contributed by atoms with E-state index >= 15 is 0 Å². The fourth-order valence-electron chi connectivity index (χ4n) is 0.960. The maximum atomic E-state index is 13.2. The molecular formula is C10H12F2N2O. The van der Waals surface area contributed by atoms with Crippen molar-refractivity contribution >= 4 is 17.3 Å². The van der Waals surface area contributed by atoms with Crippen LogP contribution in [0.25, 0.3) is 0 Å². The molecule has 0 aliphatic carbocycles. The van der Waals surface area contributed by atoms with Crippen LogP contribution < -0.4 is 11.1 Å². The first-order valence-electron chi connectivity index (χ1n) is 4.47. The third-order valence-electron chi connectivity index (χ3n) is 1.90. The molecule has 0 unspecified atom stereocenters. The number of carbonyl (C=O) groups excluding carboxylic acids is 1. The van der Waals surface area contributed by atoms with Gasteiger partial charge in [0.2, 0.25) is 5.91 Å². The van der Waals surface area contributed by atoms with Gasteiger partial charge < -0.3 is 11.1 Å². The molecule has 1 aromatic carbocycles. The Hall–Kier alpha value is -1.65. The van der Waals surface area contributed by atoms with Crippen molar-refractivity contribution in [3.63, 3.8) is 0 Å². The second kappa shape index (κ2) is 4.25. The molecular weight excluding hydrogens is 202 g/mol. The SMILES string of the molecule is CC(C)C(=O)Nc1c(N)ccc(F)c1F. The number of nitrogen functional groups attached to an aromatic ring is 1. The molecule has 3 N–H and O–H groups in total. The molecule has 0 aliphatic rings. The predicted molar refractivity (Wildman–Crippen MR) is 54.2 cm³/mol. The number of rotatable bonds is 2. The summed E-state index contributed by atoms with van der Waals surface area (Å²) in [5.74, 6) is -2.91. The molecule has 0 heterocycles. The van der Waals surface area contributed by atoms with Crippen LogP contribution in [0.4, 0.5) is 20.2 Å². The minimum atomic E-state index is -1.14. The second-order valence-electron chi connectivity index (χ2n) is 3.47. The molecule has 0 saturated heterocycles. The number of anilines is 2. The van der Waals surface area contributed by atoms with E-state index < -0.39 is 17.5 Å². The molecule has 5 heteroatoms. The van der Waals surface area contributed by atoms with Gasteiger partial charge in [0.15, 0.2) is 11.6 Å². The lowest BCUT2D eigenvalue weighted by molar-refractivity contribution is -0.118. The van der Waals surface area contributed by atoms with Crippen LogP contribution in [0.15, 0.2) is 12.1 Å². The smallest absolute Gasteiger partial charge is 0.227 e. The van der Waals surface area contributed by atoms with Gasteiger partial charge in [-0.1, -0.05) is 13.8 Å². The monoisotopic (exact) mass is 214 g/mol. The Kier molecular flexibility index (Phi) is 3.24. The Morgan fingerprint density at radius 1 is 1.40 bits per heavy atom. The Morgan fingerprint density at radius 2 is 2.00 bits per heavy atom. The van der Waals surface area contributed by atoms with Crippen LogP contribution in [0.3, 0.4) is 0 Å². The highest BCUT2D eigenvalue weighted by atomic mass is 19.2. The van der Waals surface area contributed by atoms with Crippen LogP contribution in [0.1, 0.15) is 13.8 Å². The predicted octanol–water partition coefficient (Wildman–Crippen LogP) is 2.14. The summed E-state index contributed by atoms with van der Waals surface area (Å²) in [5.41, 5.74) is 5.12. The molecule has 82 valence electrons. The number of halogens is 2. The number of benzene rings is 1. The summed E-state index contributed by atoms with van der Waals surface area (Å²) in [4.78, 5) is 11.3. The number of hydrogen-bond donors (Lipinski definition) is 2. The summed E-state index contributed by atoms with van der Waals surface area (Å²) in [6.07, 6.45) is 0. The first kappa shape index (κ1) is 11.4. The zero-order valence-corrected chi connectivity index (χ0v) is 8.47. The maximum Gasteiger partial charge on any atom is 0.227 e. The summed E-state index contributed by atoms with van der Waals surface area (Å²) in [7, 11) is 0. The summed E-state index contributed by atoms with van der Waals surface area (Å²) in [6, 6.07) is 2.12. The average Bonchev–Trinajstić information content (AvgIpc) is 2.18. The zero-order chi connectivity index (χ0) is 11.6. The first-order valence-corrected chi connectivity index (χ1v) is 4.47. The van der Waals surface area contributed by atoms with Crippen LogP contribution in [0.2, 0.25) is 0 Å². The van der Waals surface area contributed by atoms with Gasteiger partial charge in [-0.15, -0.1) is 0 Å². The quantitative estimate of drug-likeness (QED) is 0.741. The molecule has 0 fully saturated rings. The van der Waals surface area contributed by atoms with E-state index in [1.54, 1.807) is 13.8 Å². The third kappa shape index (κ3) is 2.43. The van der Waals surface area contributed by atoms with Gasteiger partial charge in [-0.25, -0.2) is 8.78 Å². The Bertz CT molecular complexity index is 391. The number of nitrogens with two attached hydrogens (primary N) is 1. The van der Waals surface area contributed by atoms with Crippen molar-refractivity contribution in [2.45, 2.75) is 13.8 Å². The molecule has 0 atom stereocenters. The fraction of sp³-hybridized carbons (Fsp3) is 0.300. The van der Waals surface area contributed by atoms with E-state index in [1.807, 2.05) is 0 Å². The van der Waals surface area contributed by atoms with Crippen LogP contribution in [-0.4, -0.2) is 5.91 Å². The van der Waals surface area contributed by atoms with Crippen molar-refractivity contribution in [3.8, 4) is 0 Å². The minimum Gasteiger partial charge on any atom is -0.397 e. The molecule has 1 aromatic rings. The van der Waals surface area contributed by atoms with Crippen LogP contribution in [0.5, 0.6) is 0 Å². The summed E-state index contributed by atoms with van der Waals surface area (Å²) < 4.78 is 26.0. The standard InChI is InChI=1S/C10H12F2N2O/c1-5(2)10(15)14-9-7(13)4-3-6(11)8(9)12/h3-5H,13H2,1-2H3,(H,14,15). The van der Waals surface area contributed by atoms with Crippen molar-refractivity contribution in [3.05, 3.63) is 23.8 Å². The van der Waals surface area contributed by atoms with Gasteiger partial charge in [0.25, 0.3) is 0 Å². The van der Waals surface area contributed by atoms with E-state index in [-0.39, 0.29) is 17.3 Å². The number of amides is 1. The Labute approximate surface area is 86.3 Å². The lowest BCUT2D eigenvalue weighted by Crippen LogP contribution is -2.19. The van der Waals surface area contributed by atoms with Crippen LogP contribution >= 0.6 is 0 Å². The molecule has 0 bridgehead atoms. The highest BCUT2D eigenvalue weighted by molar-refractivity contribution is 5.95. The summed E-state index contributed by atoms with van der Waals surface area (Å²) in [6.45, 7) is 3.28.